The van der Waals surface area contributed by atoms with E-state index in [4.69, 9.17) is 9.47 Å². The Kier molecular flexibility index (Phi) is 2.54. The Hall–Kier alpha value is -1.50. The van der Waals surface area contributed by atoms with Gasteiger partial charge in [0.05, 0.1) is 17.6 Å². The molecule has 0 amide bonds. The number of ether oxygens (including phenoxy) is 2. The molecule has 2 heterocycles. The van der Waals surface area contributed by atoms with Crippen LogP contribution in [0, 0.1) is 10.1 Å². The Balaban J connectivity index is 1.82. The topological polar surface area (TPSA) is 64.8 Å². The second kappa shape index (κ2) is 4.06. The minimum Gasteiger partial charge on any atom is -0.364 e. The first-order valence-electron chi connectivity index (χ1n) is 5.43. The lowest BCUT2D eigenvalue weighted by Gasteiger charge is -2.15. The predicted molar refractivity (Wildman–Crippen MR) is 58.2 cm³/mol. The number of hydrogen-bond donors (Lipinski definition) is 0. The maximum atomic E-state index is 10.6. The first-order valence-corrected chi connectivity index (χ1v) is 5.43. The van der Waals surface area contributed by atoms with Crippen LogP contribution in [0.2, 0.25) is 0 Å². The van der Waals surface area contributed by atoms with Gasteiger partial charge >= 0.3 is 0 Å². The van der Waals surface area contributed by atoms with Gasteiger partial charge in [0.1, 0.15) is 19.6 Å². The Morgan fingerprint density at radius 3 is 2.76 bits per heavy atom. The van der Waals surface area contributed by atoms with Gasteiger partial charge in [-0.15, -0.1) is 0 Å². The fourth-order valence-electron chi connectivity index (χ4n) is 2.29. The molecule has 2 atom stereocenters. The Morgan fingerprint density at radius 1 is 1.29 bits per heavy atom. The van der Waals surface area contributed by atoms with Crippen LogP contribution < -0.4 is 0 Å². The molecule has 90 valence electrons. The Labute approximate surface area is 97.9 Å². The number of non-ortho nitro benzene ring substituents is 1. The van der Waals surface area contributed by atoms with Crippen molar-refractivity contribution in [2.45, 2.75) is 12.1 Å². The minimum absolute atomic E-state index is 0.0432. The molecule has 2 aliphatic rings. The van der Waals surface area contributed by atoms with Crippen molar-refractivity contribution in [2.24, 2.45) is 0 Å². The fourth-order valence-corrected chi connectivity index (χ4v) is 2.29. The molecule has 0 spiro atoms. The van der Waals surface area contributed by atoms with E-state index >= 15 is 0 Å². The lowest BCUT2D eigenvalue weighted by atomic mass is 10.0. The van der Waals surface area contributed by atoms with Crippen molar-refractivity contribution in [2.75, 3.05) is 20.1 Å². The molecule has 0 N–H and O–H groups in total. The third-order valence-electron chi connectivity index (χ3n) is 3.22. The van der Waals surface area contributed by atoms with Crippen molar-refractivity contribution >= 4 is 5.69 Å². The van der Waals surface area contributed by atoms with Gasteiger partial charge in [-0.2, -0.15) is 0 Å². The molecule has 0 aliphatic carbocycles. The standard InChI is InChI=1S/C11H12N2O4/c14-13(15)9-3-1-8(2-4-9)11-10-5-16-6-12(10)7-17-11/h1-4,10-11H,5-7H2/t10-,11-/m0/s1. The number of fused-ring (bicyclic) bond motifs is 1. The van der Waals surface area contributed by atoms with Crippen LogP contribution in [0.15, 0.2) is 24.3 Å². The predicted octanol–water partition coefficient (Wildman–Crippen LogP) is 1.28. The molecule has 3 rings (SSSR count). The van der Waals surface area contributed by atoms with Crippen LogP contribution >= 0.6 is 0 Å². The summed E-state index contributed by atoms with van der Waals surface area (Å²) >= 11 is 0. The summed E-state index contributed by atoms with van der Waals surface area (Å²) in [6.07, 6.45) is -0.0432. The highest BCUT2D eigenvalue weighted by Gasteiger charge is 2.39. The van der Waals surface area contributed by atoms with E-state index in [-0.39, 0.29) is 17.8 Å². The summed E-state index contributed by atoms with van der Waals surface area (Å²) < 4.78 is 11.0. The second-order valence-corrected chi connectivity index (χ2v) is 4.22. The van der Waals surface area contributed by atoms with E-state index in [0.717, 1.165) is 5.56 Å². The number of hydrogen-bond acceptors (Lipinski definition) is 5. The zero-order valence-corrected chi connectivity index (χ0v) is 9.11. The quantitative estimate of drug-likeness (QED) is 0.571. The highest BCUT2D eigenvalue weighted by Crippen LogP contribution is 2.34. The zero-order valence-electron chi connectivity index (χ0n) is 9.11. The van der Waals surface area contributed by atoms with E-state index in [1.807, 2.05) is 0 Å². The van der Waals surface area contributed by atoms with Gasteiger partial charge in [0, 0.05) is 12.1 Å². The molecule has 1 aromatic carbocycles. The number of nitro groups is 1. The number of rotatable bonds is 2. The summed E-state index contributed by atoms with van der Waals surface area (Å²) in [6.45, 7) is 1.82. The molecule has 2 saturated heterocycles. The third-order valence-corrected chi connectivity index (χ3v) is 3.22. The van der Waals surface area contributed by atoms with Crippen LogP contribution in [-0.2, 0) is 9.47 Å². The SMILES string of the molecule is O=[N+]([O-])c1ccc([C@@H]2OCN3COC[C@@H]23)cc1. The first-order chi connectivity index (χ1) is 8.25. The summed E-state index contributed by atoms with van der Waals surface area (Å²) in [5.74, 6) is 0. The molecule has 0 saturated carbocycles. The van der Waals surface area contributed by atoms with E-state index in [2.05, 4.69) is 4.90 Å². The van der Waals surface area contributed by atoms with Gasteiger partial charge in [0.15, 0.2) is 0 Å². The van der Waals surface area contributed by atoms with Crippen molar-refractivity contribution < 1.29 is 14.4 Å². The molecular formula is C11H12N2O4. The average Bonchev–Trinajstić information content (AvgIpc) is 2.90. The first kappa shape index (κ1) is 10.6. The summed E-state index contributed by atoms with van der Waals surface area (Å²) in [4.78, 5) is 12.3. The molecule has 0 bridgehead atoms. The third kappa shape index (κ3) is 1.80. The Morgan fingerprint density at radius 2 is 2.06 bits per heavy atom. The van der Waals surface area contributed by atoms with Gasteiger partial charge in [-0.1, -0.05) is 0 Å². The van der Waals surface area contributed by atoms with Crippen LogP contribution in [0.5, 0.6) is 0 Å². The molecule has 17 heavy (non-hydrogen) atoms. The molecule has 1 aromatic rings. The van der Waals surface area contributed by atoms with Gasteiger partial charge < -0.3 is 9.47 Å². The van der Waals surface area contributed by atoms with Crippen molar-refractivity contribution in [1.29, 1.82) is 0 Å². The lowest BCUT2D eigenvalue weighted by Crippen LogP contribution is -2.27. The summed E-state index contributed by atoms with van der Waals surface area (Å²) in [5.41, 5.74) is 1.07. The fraction of sp³-hybridized carbons (Fsp3) is 0.455. The molecule has 6 nitrogen and oxygen atoms in total. The highest BCUT2D eigenvalue weighted by molar-refractivity contribution is 5.34. The minimum atomic E-state index is -0.399. The van der Waals surface area contributed by atoms with Gasteiger partial charge in [0.25, 0.3) is 5.69 Å². The maximum Gasteiger partial charge on any atom is 0.269 e. The van der Waals surface area contributed by atoms with Crippen molar-refractivity contribution in [3.8, 4) is 0 Å². The van der Waals surface area contributed by atoms with E-state index in [0.29, 0.717) is 20.1 Å². The van der Waals surface area contributed by atoms with Crippen LogP contribution in [0.1, 0.15) is 11.7 Å². The summed E-state index contributed by atoms with van der Waals surface area (Å²) in [5, 5.41) is 10.6. The van der Waals surface area contributed by atoms with Gasteiger partial charge in [-0.05, 0) is 17.7 Å². The highest BCUT2D eigenvalue weighted by atomic mass is 16.6. The van der Waals surface area contributed by atoms with E-state index < -0.39 is 4.92 Å². The largest absolute Gasteiger partial charge is 0.364 e. The van der Waals surface area contributed by atoms with Crippen LogP contribution in [-0.4, -0.2) is 35.9 Å². The second-order valence-electron chi connectivity index (χ2n) is 4.22. The molecule has 0 unspecified atom stereocenters. The molecule has 0 radical (unpaired) electrons. The van der Waals surface area contributed by atoms with E-state index in [1.165, 1.54) is 12.1 Å². The average molecular weight is 236 g/mol. The molecular weight excluding hydrogens is 224 g/mol. The molecule has 2 aliphatic heterocycles. The normalized spacial score (nSPS) is 28.2. The van der Waals surface area contributed by atoms with Crippen LogP contribution in [0.25, 0.3) is 0 Å². The van der Waals surface area contributed by atoms with Gasteiger partial charge in [-0.3, -0.25) is 10.1 Å². The maximum absolute atomic E-state index is 10.6. The summed E-state index contributed by atoms with van der Waals surface area (Å²) in [7, 11) is 0. The monoisotopic (exact) mass is 236 g/mol. The molecule has 6 heteroatoms. The van der Waals surface area contributed by atoms with Gasteiger partial charge in [0.2, 0.25) is 0 Å². The lowest BCUT2D eigenvalue weighted by molar-refractivity contribution is -0.384. The van der Waals surface area contributed by atoms with Crippen molar-refractivity contribution in [3.63, 3.8) is 0 Å². The Bertz CT molecular complexity index is 434. The zero-order chi connectivity index (χ0) is 11.8. The summed E-state index contributed by atoms with van der Waals surface area (Å²) in [6, 6.07) is 6.76. The van der Waals surface area contributed by atoms with Crippen molar-refractivity contribution in [1.82, 2.24) is 4.90 Å². The van der Waals surface area contributed by atoms with E-state index in [9.17, 15) is 10.1 Å². The number of nitrogens with zero attached hydrogens (tertiary/aromatic N) is 2. The van der Waals surface area contributed by atoms with Gasteiger partial charge in [-0.25, -0.2) is 4.90 Å². The number of benzene rings is 1. The number of nitro benzene ring substituents is 1. The van der Waals surface area contributed by atoms with Crippen molar-refractivity contribution in [3.05, 3.63) is 39.9 Å². The molecule has 2 fully saturated rings. The van der Waals surface area contributed by atoms with Crippen LogP contribution in [0.4, 0.5) is 5.69 Å². The smallest absolute Gasteiger partial charge is 0.269 e. The van der Waals surface area contributed by atoms with Crippen LogP contribution in [0.3, 0.4) is 0 Å². The van der Waals surface area contributed by atoms with E-state index in [1.54, 1.807) is 12.1 Å². The molecule has 0 aromatic heterocycles.